The SMILES string of the molecule is C[SH](C)C1CCN(c2cc(C(C)(C)C)ccn2)CC1. The van der Waals surface area contributed by atoms with Crippen LogP contribution in [0.1, 0.15) is 39.2 Å². The van der Waals surface area contributed by atoms with Gasteiger partial charge in [0.05, 0.1) is 0 Å². The number of anilines is 1. The van der Waals surface area contributed by atoms with Gasteiger partial charge < -0.3 is 4.90 Å². The van der Waals surface area contributed by atoms with Gasteiger partial charge >= 0.3 is 0 Å². The van der Waals surface area contributed by atoms with Crippen LogP contribution in [0.2, 0.25) is 0 Å². The van der Waals surface area contributed by atoms with E-state index in [2.05, 4.69) is 55.3 Å². The summed E-state index contributed by atoms with van der Waals surface area (Å²) in [6.45, 7) is 9.14. The third kappa shape index (κ3) is 3.65. The number of pyridine rings is 1. The van der Waals surface area contributed by atoms with Gasteiger partial charge in [0, 0.05) is 19.3 Å². The van der Waals surface area contributed by atoms with Crippen LogP contribution in [0.4, 0.5) is 5.82 Å². The summed E-state index contributed by atoms with van der Waals surface area (Å²) in [6, 6.07) is 4.43. The molecule has 0 spiro atoms. The van der Waals surface area contributed by atoms with Crippen LogP contribution in [0.25, 0.3) is 0 Å². The lowest BCUT2D eigenvalue weighted by Crippen LogP contribution is -2.36. The highest BCUT2D eigenvalue weighted by Crippen LogP contribution is 2.33. The molecule has 0 N–H and O–H groups in total. The molecule has 1 aliphatic heterocycles. The Morgan fingerprint density at radius 1 is 1.21 bits per heavy atom. The van der Waals surface area contributed by atoms with Crippen molar-refractivity contribution in [1.29, 1.82) is 0 Å². The van der Waals surface area contributed by atoms with E-state index in [-0.39, 0.29) is 16.3 Å². The maximum absolute atomic E-state index is 4.58. The zero-order chi connectivity index (χ0) is 14.0. The Bertz CT molecular complexity index is 415. The molecule has 2 nitrogen and oxygen atoms in total. The summed E-state index contributed by atoms with van der Waals surface area (Å²) in [5, 5.41) is 0.956. The minimum atomic E-state index is 0.206. The Hall–Kier alpha value is -0.700. The average Bonchev–Trinajstić information content (AvgIpc) is 2.38. The molecule has 1 fully saturated rings. The first-order valence-corrected chi connectivity index (χ1v) is 9.56. The molecule has 0 aromatic carbocycles. The van der Waals surface area contributed by atoms with Crippen LogP contribution < -0.4 is 4.90 Å². The largest absolute Gasteiger partial charge is 0.357 e. The summed E-state index contributed by atoms with van der Waals surface area (Å²) in [4.78, 5) is 7.04. The van der Waals surface area contributed by atoms with Gasteiger partial charge in [-0.2, -0.15) is 0 Å². The Morgan fingerprint density at radius 2 is 1.84 bits per heavy atom. The van der Waals surface area contributed by atoms with Gasteiger partial charge in [-0.1, -0.05) is 20.8 Å². The second-order valence-corrected chi connectivity index (χ2v) is 9.49. The third-order valence-electron chi connectivity index (χ3n) is 4.13. The van der Waals surface area contributed by atoms with Crippen molar-refractivity contribution in [2.75, 3.05) is 30.5 Å². The predicted molar refractivity (Wildman–Crippen MR) is 89.0 cm³/mol. The molecule has 0 bridgehead atoms. The topological polar surface area (TPSA) is 16.1 Å². The maximum Gasteiger partial charge on any atom is 0.128 e. The van der Waals surface area contributed by atoms with Gasteiger partial charge in [-0.15, -0.1) is 0 Å². The smallest absolute Gasteiger partial charge is 0.128 e. The summed E-state index contributed by atoms with van der Waals surface area (Å²) >= 11 is 0. The zero-order valence-corrected chi connectivity index (χ0v) is 13.9. The van der Waals surface area contributed by atoms with Crippen molar-refractivity contribution in [2.24, 2.45) is 0 Å². The Balaban J connectivity index is 2.08. The van der Waals surface area contributed by atoms with Crippen molar-refractivity contribution < 1.29 is 0 Å². The van der Waals surface area contributed by atoms with E-state index in [1.807, 2.05) is 6.20 Å². The average molecular weight is 280 g/mol. The highest BCUT2D eigenvalue weighted by molar-refractivity contribution is 8.16. The molecule has 3 heteroatoms. The third-order valence-corrected chi connectivity index (χ3v) is 6.11. The Labute approximate surface area is 121 Å². The van der Waals surface area contributed by atoms with Crippen LogP contribution in [0.5, 0.6) is 0 Å². The molecule has 1 saturated heterocycles. The monoisotopic (exact) mass is 280 g/mol. The summed E-state index contributed by atoms with van der Waals surface area (Å²) in [5.41, 5.74) is 1.59. The molecule has 0 atom stereocenters. The van der Waals surface area contributed by atoms with Gasteiger partial charge in [-0.25, -0.2) is 4.98 Å². The van der Waals surface area contributed by atoms with E-state index >= 15 is 0 Å². The molecule has 1 aromatic heterocycles. The van der Waals surface area contributed by atoms with Gasteiger partial charge in [0.25, 0.3) is 0 Å². The molecule has 2 rings (SSSR count). The predicted octanol–water partition coefficient (Wildman–Crippen LogP) is 3.61. The molecule has 0 aliphatic carbocycles. The Kier molecular flexibility index (Phi) is 4.44. The molecular weight excluding hydrogens is 252 g/mol. The number of rotatable bonds is 2. The number of piperidine rings is 1. The zero-order valence-electron chi connectivity index (χ0n) is 13.0. The van der Waals surface area contributed by atoms with Gasteiger partial charge in [-0.3, -0.25) is 10.9 Å². The number of nitrogens with zero attached hydrogens (tertiary/aromatic N) is 2. The molecule has 1 aromatic rings. The van der Waals surface area contributed by atoms with E-state index in [0.717, 1.165) is 5.25 Å². The molecule has 0 amide bonds. The molecule has 19 heavy (non-hydrogen) atoms. The van der Waals surface area contributed by atoms with Crippen molar-refractivity contribution in [3.05, 3.63) is 23.9 Å². The highest BCUT2D eigenvalue weighted by atomic mass is 32.2. The first kappa shape index (κ1) is 14.7. The fourth-order valence-electron chi connectivity index (χ4n) is 2.67. The summed E-state index contributed by atoms with van der Waals surface area (Å²) < 4.78 is 0. The van der Waals surface area contributed by atoms with E-state index in [9.17, 15) is 0 Å². The van der Waals surface area contributed by atoms with Gasteiger partial charge in [0.2, 0.25) is 0 Å². The van der Waals surface area contributed by atoms with Crippen molar-refractivity contribution in [3.8, 4) is 0 Å². The maximum atomic E-state index is 4.58. The molecule has 0 saturated carbocycles. The van der Waals surface area contributed by atoms with Crippen LogP contribution >= 0.6 is 10.9 Å². The van der Waals surface area contributed by atoms with E-state index in [0.29, 0.717) is 0 Å². The molecule has 0 radical (unpaired) electrons. The van der Waals surface area contributed by atoms with Crippen LogP contribution in [0.15, 0.2) is 18.3 Å². The summed E-state index contributed by atoms with van der Waals surface area (Å²) in [5.74, 6) is 1.17. The van der Waals surface area contributed by atoms with E-state index in [1.165, 1.54) is 37.3 Å². The van der Waals surface area contributed by atoms with Gasteiger partial charge in [0.15, 0.2) is 0 Å². The fourth-order valence-corrected chi connectivity index (χ4v) is 3.93. The lowest BCUT2D eigenvalue weighted by Gasteiger charge is -2.36. The van der Waals surface area contributed by atoms with Gasteiger partial charge in [-0.05, 0) is 53.7 Å². The lowest BCUT2D eigenvalue weighted by atomic mass is 9.87. The first-order chi connectivity index (χ1) is 8.88. The van der Waals surface area contributed by atoms with Crippen LogP contribution in [0, 0.1) is 0 Å². The highest BCUT2D eigenvalue weighted by Gasteiger charge is 2.22. The number of hydrogen-bond donors (Lipinski definition) is 1. The van der Waals surface area contributed by atoms with E-state index in [4.69, 9.17) is 0 Å². The summed E-state index contributed by atoms with van der Waals surface area (Å²) in [7, 11) is 0.222. The number of thiol groups is 1. The van der Waals surface area contributed by atoms with E-state index in [1.54, 1.807) is 0 Å². The van der Waals surface area contributed by atoms with Crippen molar-refractivity contribution >= 4 is 16.7 Å². The summed E-state index contributed by atoms with van der Waals surface area (Å²) in [6.07, 6.45) is 9.46. The van der Waals surface area contributed by atoms with Crippen molar-refractivity contribution in [1.82, 2.24) is 4.98 Å². The second kappa shape index (κ2) is 5.74. The second-order valence-electron chi connectivity index (χ2n) is 6.83. The van der Waals surface area contributed by atoms with E-state index < -0.39 is 0 Å². The van der Waals surface area contributed by atoms with Crippen LogP contribution in [0.3, 0.4) is 0 Å². The van der Waals surface area contributed by atoms with Gasteiger partial charge in [0.1, 0.15) is 5.82 Å². The van der Waals surface area contributed by atoms with Crippen LogP contribution in [-0.2, 0) is 5.41 Å². The molecule has 1 aliphatic rings. The first-order valence-electron chi connectivity index (χ1n) is 7.26. The van der Waals surface area contributed by atoms with Crippen LogP contribution in [-0.4, -0.2) is 35.8 Å². The fraction of sp³-hybridized carbons (Fsp3) is 0.688. The lowest BCUT2D eigenvalue weighted by molar-refractivity contribution is 0.575. The minimum absolute atomic E-state index is 0.206. The molecular formula is C16H28N2S. The molecule has 2 heterocycles. The molecule has 0 unspecified atom stereocenters. The van der Waals surface area contributed by atoms with Crippen molar-refractivity contribution in [3.63, 3.8) is 0 Å². The normalized spacial score (nSPS) is 18.6. The Morgan fingerprint density at radius 3 is 2.37 bits per heavy atom. The number of hydrogen-bond acceptors (Lipinski definition) is 2. The number of aromatic nitrogens is 1. The molecule has 108 valence electrons. The quantitative estimate of drug-likeness (QED) is 0.833. The standard InChI is InChI=1S/C16H28N2S/c1-16(2,3)13-6-9-17-15(12-13)18-10-7-14(8-11-18)19(4)5/h6,9,12,14,19H,7-8,10-11H2,1-5H3. The minimum Gasteiger partial charge on any atom is -0.357 e. The van der Waals surface area contributed by atoms with Crippen molar-refractivity contribution in [2.45, 2.75) is 44.3 Å².